The van der Waals surface area contributed by atoms with Crippen molar-refractivity contribution in [2.45, 2.75) is 6.92 Å². The van der Waals surface area contributed by atoms with Crippen molar-refractivity contribution in [2.24, 2.45) is 0 Å². The number of hydrogen-bond donors (Lipinski definition) is 0. The zero-order chi connectivity index (χ0) is 33.3. The van der Waals surface area contributed by atoms with Crippen LogP contribution < -0.4 is 0 Å². The van der Waals surface area contributed by atoms with Crippen molar-refractivity contribution in [3.8, 4) is 45.6 Å². The van der Waals surface area contributed by atoms with Crippen molar-refractivity contribution in [1.29, 1.82) is 0 Å². The Morgan fingerprint density at radius 3 is 1.80 bits per heavy atom. The molecule has 5 aromatic carbocycles. The Labute approximate surface area is 284 Å². The van der Waals surface area contributed by atoms with Crippen LogP contribution in [-0.4, -0.2) is 29.9 Å². The van der Waals surface area contributed by atoms with Gasteiger partial charge in [0.1, 0.15) is 11.5 Å². The number of pyridine rings is 1. The molecular formula is C43H30N6. The van der Waals surface area contributed by atoms with Gasteiger partial charge in [0.15, 0.2) is 17.5 Å². The minimum atomic E-state index is 0.424. The van der Waals surface area contributed by atoms with E-state index in [0.29, 0.717) is 34.7 Å². The van der Waals surface area contributed by atoms with Gasteiger partial charge in [0.25, 0.3) is 0 Å². The highest BCUT2D eigenvalue weighted by Crippen LogP contribution is 2.39. The van der Waals surface area contributed by atoms with Crippen molar-refractivity contribution >= 4 is 37.9 Å². The lowest BCUT2D eigenvalue weighted by atomic mass is 9.93. The molecule has 8 rings (SSSR count). The monoisotopic (exact) mass is 630 g/mol. The maximum Gasteiger partial charge on any atom is 0.182 e. The molecule has 3 heterocycles. The zero-order valence-corrected chi connectivity index (χ0v) is 26.9. The van der Waals surface area contributed by atoms with Crippen LogP contribution in [-0.2, 0) is 0 Å². The molecule has 0 unspecified atom stereocenters. The van der Waals surface area contributed by atoms with Crippen LogP contribution in [0, 0.1) is 6.92 Å². The number of benzene rings is 5. The maximum absolute atomic E-state index is 5.39. The van der Waals surface area contributed by atoms with E-state index in [1.54, 1.807) is 12.2 Å². The number of fused-ring (bicyclic) bond motifs is 3. The molecule has 232 valence electrons. The highest BCUT2D eigenvalue weighted by Gasteiger charge is 2.19. The summed E-state index contributed by atoms with van der Waals surface area (Å²) in [6.45, 7) is 9.71. The van der Waals surface area contributed by atoms with Crippen molar-refractivity contribution in [3.63, 3.8) is 0 Å². The Bertz CT molecular complexity index is 2550. The van der Waals surface area contributed by atoms with Crippen molar-refractivity contribution in [2.75, 3.05) is 0 Å². The summed E-state index contributed by atoms with van der Waals surface area (Å²) in [7, 11) is 0. The van der Waals surface area contributed by atoms with Crippen molar-refractivity contribution in [1.82, 2.24) is 29.9 Å². The van der Waals surface area contributed by atoms with Gasteiger partial charge in [0.05, 0.1) is 17.1 Å². The fourth-order valence-corrected chi connectivity index (χ4v) is 6.31. The molecule has 0 saturated heterocycles. The standard InChI is InChI=1S/C43H30N6/c1-4-15-28(5-2)41-47-42(29-16-7-6-8-17-29)49-43(48-41)38-26-37(44-27(3)45-38)40-35-23-14-11-20-32(35)25-36(46-40)39-33-21-12-9-18-30(33)24-31-19-10-13-22-34(31)39/h4-26H,1-2H2,3H3/b28-15+. The van der Waals surface area contributed by atoms with E-state index in [1.807, 2.05) is 55.5 Å². The maximum atomic E-state index is 5.39. The summed E-state index contributed by atoms with van der Waals surface area (Å²) in [6.07, 6.45) is 5.24. The smallest absolute Gasteiger partial charge is 0.182 e. The number of allylic oxidation sites excluding steroid dienone is 4. The molecule has 0 aliphatic rings. The molecule has 0 radical (unpaired) electrons. The third-order valence-corrected chi connectivity index (χ3v) is 8.52. The summed E-state index contributed by atoms with van der Waals surface area (Å²) in [6, 6.07) is 41.4. The van der Waals surface area contributed by atoms with Gasteiger partial charge in [-0.25, -0.2) is 29.9 Å². The van der Waals surface area contributed by atoms with Crippen LogP contribution in [0.1, 0.15) is 11.6 Å². The van der Waals surface area contributed by atoms with Gasteiger partial charge in [-0.15, -0.1) is 0 Å². The summed E-state index contributed by atoms with van der Waals surface area (Å²) in [5.41, 5.74) is 5.56. The first-order valence-corrected chi connectivity index (χ1v) is 16.0. The Balaban J connectivity index is 1.37. The second kappa shape index (κ2) is 12.5. The van der Waals surface area contributed by atoms with Crippen LogP contribution in [0.2, 0.25) is 0 Å². The third kappa shape index (κ3) is 5.55. The first-order valence-electron chi connectivity index (χ1n) is 16.0. The summed E-state index contributed by atoms with van der Waals surface area (Å²) in [5.74, 6) is 2.01. The van der Waals surface area contributed by atoms with Crippen LogP contribution >= 0.6 is 0 Å². The van der Waals surface area contributed by atoms with E-state index in [-0.39, 0.29) is 0 Å². The number of aromatic nitrogens is 6. The molecule has 0 fully saturated rings. The molecule has 0 aliphatic carbocycles. The predicted molar refractivity (Wildman–Crippen MR) is 201 cm³/mol. The SMILES string of the molecule is C=C/C=C(\C=C)c1nc(-c2ccccc2)nc(-c2cc(-c3nc(-c4c5ccccc5cc5ccccc45)cc4ccccc34)nc(C)n2)n1. The van der Waals surface area contributed by atoms with Gasteiger partial charge in [0, 0.05) is 22.1 Å². The third-order valence-electron chi connectivity index (χ3n) is 8.52. The molecule has 0 bridgehead atoms. The van der Waals surface area contributed by atoms with E-state index in [0.717, 1.165) is 60.4 Å². The van der Waals surface area contributed by atoms with Gasteiger partial charge in [-0.05, 0) is 52.1 Å². The molecule has 0 saturated carbocycles. The van der Waals surface area contributed by atoms with Gasteiger partial charge < -0.3 is 0 Å². The highest BCUT2D eigenvalue weighted by atomic mass is 15.1. The van der Waals surface area contributed by atoms with Crippen molar-refractivity contribution < 1.29 is 0 Å². The van der Waals surface area contributed by atoms with Crippen LogP contribution in [0.25, 0.3) is 83.4 Å². The molecule has 0 amide bonds. The lowest BCUT2D eigenvalue weighted by molar-refractivity contribution is 0.997. The quantitative estimate of drug-likeness (QED) is 0.129. The minimum absolute atomic E-state index is 0.424. The lowest BCUT2D eigenvalue weighted by Crippen LogP contribution is -2.05. The molecule has 8 aromatic rings. The molecular weight excluding hydrogens is 601 g/mol. The highest BCUT2D eigenvalue weighted by molar-refractivity contribution is 6.13. The van der Waals surface area contributed by atoms with Crippen LogP contribution in [0.3, 0.4) is 0 Å². The Kier molecular flexibility index (Phi) is 7.59. The first kappa shape index (κ1) is 29.7. The Morgan fingerprint density at radius 1 is 0.531 bits per heavy atom. The average Bonchev–Trinajstić information content (AvgIpc) is 3.15. The second-order valence-electron chi connectivity index (χ2n) is 11.7. The van der Waals surface area contributed by atoms with Gasteiger partial charge in [-0.1, -0.05) is 135 Å². The van der Waals surface area contributed by atoms with Gasteiger partial charge in [-0.2, -0.15) is 0 Å². The summed E-state index contributed by atoms with van der Waals surface area (Å²) < 4.78 is 0. The van der Waals surface area contributed by atoms with E-state index in [4.69, 9.17) is 29.9 Å². The second-order valence-corrected chi connectivity index (χ2v) is 11.7. The van der Waals surface area contributed by atoms with E-state index in [9.17, 15) is 0 Å². The van der Waals surface area contributed by atoms with Gasteiger partial charge in [0.2, 0.25) is 0 Å². The molecule has 49 heavy (non-hydrogen) atoms. The molecule has 3 aromatic heterocycles. The van der Waals surface area contributed by atoms with Crippen molar-refractivity contribution in [3.05, 3.63) is 164 Å². The van der Waals surface area contributed by atoms with E-state index >= 15 is 0 Å². The van der Waals surface area contributed by atoms with Crippen LogP contribution in [0.4, 0.5) is 0 Å². The summed E-state index contributed by atoms with van der Waals surface area (Å²) in [5, 5.41) is 6.67. The predicted octanol–water partition coefficient (Wildman–Crippen LogP) is 10.2. The molecule has 6 heteroatoms. The van der Waals surface area contributed by atoms with E-state index in [1.165, 1.54) is 0 Å². The lowest BCUT2D eigenvalue weighted by Gasteiger charge is -2.15. The summed E-state index contributed by atoms with van der Waals surface area (Å²) in [4.78, 5) is 29.7. The van der Waals surface area contributed by atoms with Gasteiger partial charge >= 0.3 is 0 Å². The van der Waals surface area contributed by atoms with Crippen LogP contribution in [0.15, 0.2) is 153 Å². The Hall–Kier alpha value is -6.66. The molecule has 0 aliphatic heterocycles. The topological polar surface area (TPSA) is 77.3 Å². The largest absolute Gasteiger partial charge is 0.245 e. The molecule has 0 N–H and O–H groups in total. The molecule has 0 spiro atoms. The zero-order valence-electron chi connectivity index (χ0n) is 26.9. The summed E-state index contributed by atoms with van der Waals surface area (Å²) >= 11 is 0. The number of nitrogens with zero attached hydrogens (tertiary/aromatic N) is 6. The fraction of sp³-hybridized carbons (Fsp3) is 0.0233. The van der Waals surface area contributed by atoms with Gasteiger partial charge in [-0.3, -0.25) is 0 Å². The molecule has 0 atom stereocenters. The Morgan fingerprint density at radius 2 is 1.12 bits per heavy atom. The number of aryl methyl sites for hydroxylation is 1. The normalized spacial score (nSPS) is 11.7. The first-order chi connectivity index (χ1) is 24.1. The average molecular weight is 631 g/mol. The van der Waals surface area contributed by atoms with E-state index < -0.39 is 0 Å². The fourth-order valence-electron chi connectivity index (χ4n) is 6.31. The minimum Gasteiger partial charge on any atom is -0.245 e. The number of hydrogen-bond acceptors (Lipinski definition) is 6. The van der Waals surface area contributed by atoms with Crippen LogP contribution in [0.5, 0.6) is 0 Å². The van der Waals surface area contributed by atoms with E-state index in [2.05, 4.69) is 92.0 Å². The number of rotatable bonds is 7. The molecule has 6 nitrogen and oxygen atoms in total.